The van der Waals surface area contributed by atoms with E-state index in [4.69, 9.17) is 0 Å². The molecule has 0 radical (unpaired) electrons. The van der Waals surface area contributed by atoms with E-state index in [9.17, 15) is 9.59 Å². The molecule has 0 unspecified atom stereocenters. The Balaban J connectivity index is 1.68. The maximum atomic E-state index is 14.0. The number of rotatable bonds is 9. The Labute approximate surface area is 229 Å². The molecule has 1 aliphatic rings. The number of hydrogen-bond donors (Lipinski definition) is 1. The van der Waals surface area contributed by atoms with E-state index in [1.807, 2.05) is 68.4 Å². The molecule has 1 N–H and O–H groups in total. The van der Waals surface area contributed by atoms with Gasteiger partial charge in [0.15, 0.2) is 0 Å². The van der Waals surface area contributed by atoms with Crippen molar-refractivity contribution in [3.8, 4) is 0 Å². The van der Waals surface area contributed by atoms with Gasteiger partial charge in [-0.25, -0.2) is 0 Å². The molecule has 1 saturated carbocycles. The molecule has 1 fully saturated rings. The van der Waals surface area contributed by atoms with Crippen molar-refractivity contribution in [1.82, 2.24) is 10.2 Å². The highest BCUT2D eigenvalue weighted by atomic mass is 79.9. The first-order valence-corrected chi connectivity index (χ1v) is 14.1. The van der Waals surface area contributed by atoms with Gasteiger partial charge in [-0.05, 0) is 61.1 Å². The quantitative estimate of drug-likeness (QED) is 0.316. The first-order chi connectivity index (χ1) is 17.9. The van der Waals surface area contributed by atoms with E-state index >= 15 is 0 Å². The van der Waals surface area contributed by atoms with E-state index < -0.39 is 6.04 Å². The maximum absolute atomic E-state index is 14.0. The van der Waals surface area contributed by atoms with Crippen molar-refractivity contribution in [3.63, 3.8) is 0 Å². The van der Waals surface area contributed by atoms with E-state index in [0.717, 1.165) is 58.0 Å². The molecule has 0 saturated heterocycles. The second-order valence-corrected chi connectivity index (χ2v) is 11.2. The monoisotopic (exact) mass is 560 g/mol. The van der Waals surface area contributed by atoms with Crippen LogP contribution in [0.15, 0.2) is 77.3 Å². The van der Waals surface area contributed by atoms with Crippen molar-refractivity contribution in [2.24, 2.45) is 0 Å². The second-order valence-electron chi connectivity index (χ2n) is 10.3. The fourth-order valence-electron chi connectivity index (χ4n) is 5.19. The number of nitrogens with one attached hydrogen (secondary N) is 1. The summed E-state index contributed by atoms with van der Waals surface area (Å²) in [6, 6.07) is 23.8. The minimum atomic E-state index is -0.596. The van der Waals surface area contributed by atoms with Gasteiger partial charge in [0.2, 0.25) is 11.8 Å². The van der Waals surface area contributed by atoms with Gasteiger partial charge >= 0.3 is 0 Å². The zero-order valence-corrected chi connectivity index (χ0v) is 23.5. The van der Waals surface area contributed by atoms with Crippen molar-refractivity contribution >= 4 is 27.7 Å². The lowest BCUT2D eigenvalue weighted by Gasteiger charge is -2.33. The van der Waals surface area contributed by atoms with Gasteiger partial charge in [0, 0.05) is 23.5 Å². The average Bonchev–Trinajstić information content (AvgIpc) is 2.89. The largest absolute Gasteiger partial charge is 0.352 e. The summed E-state index contributed by atoms with van der Waals surface area (Å²) in [5.41, 5.74) is 5.27. The molecule has 2 amide bonds. The minimum absolute atomic E-state index is 0.0339. The molecule has 0 aromatic heterocycles. The van der Waals surface area contributed by atoms with E-state index in [2.05, 4.69) is 39.4 Å². The Hall–Kier alpha value is -2.92. The summed E-state index contributed by atoms with van der Waals surface area (Å²) in [5, 5.41) is 3.31. The lowest BCUT2D eigenvalue weighted by molar-refractivity contribution is -0.141. The first-order valence-electron chi connectivity index (χ1n) is 13.3. The molecule has 37 heavy (non-hydrogen) atoms. The predicted octanol–water partition coefficient (Wildman–Crippen LogP) is 6.70. The van der Waals surface area contributed by atoms with Gasteiger partial charge in [-0.15, -0.1) is 0 Å². The minimum Gasteiger partial charge on any atom is -0.352 e. The third kappa shape index (κ3) is 7.78. The number of halogens is 1. The predicted molar refractivity (Wildman–Crippen MR) is 153 cm³/mol. The summed E-state index contributed by atoms with van der Waals surface area (Å²) in [6.45, 7) is 4.46. The molecule has 0 bridgehead atoms. The molecule has 0 spiro atoms. The molecule has 4 rings (SSSR count). The van der Waals surface area contributed by atoms with Crippen LogP contribution >= 0.6 is 15.9 Å². The molecular weight excluding hydrogens is 524 g/mol. The summed E-state index contributed by atoms with van der Waals surface area (Å²) in [5.74, 6) is -0.0894. The van der Waals surface area contributed by atoms with Crippen LogP contribution in [0.3, 0.4) is 0 Å². The smallest absolute Gasteiger partial charge is 0.243 e. The summed E-state index contributed by atoms with van der Waals surface area (Å²) in [7, 11) is 0. The lowest BCUT2D eigenvalue weighted by atomic mass is 9.94. The van der Waals surface area contributed by atoms with Crippen molar-refractivity contribution in [2.75, 3.05) is 0 Å². The Kier molecular flexibility index (Phi) is 9.56. The van der Waals surface area contributed by atoms with Crippen LogP contribution < -0.4 is 5.32 Å². The molecule has 1 atom stereocenters. The SMILES string of the molecule is Cc1ccc(C)c(CC(=O)N(Cc2cccc(Br)c2)[C@@H](Cc2ccccc2)C(=O)NC2CCCCC2)c1. The van der Waals surface area contributed by atoms with Crippen molar-refractivity contribution in [3.05, 3.63) is 105 Å². The van der Waals surface area contributed by atoms with Gasteiger partial charge < -0.3 is 10.2 Å². The van der Waals surface area contributed by atoms with Crippen LogP contribution in [-0.2, 0) is 29.0 Å². The van der Waals surface area contributed by atoms with Gasteiger partial charge in [0.25, 0.3) is 0 Å². The highest BCUT2D eigenvalue weighted by Crippen LogP contribution is 2.22. The Bertz CT molecular complexity index is 1200. The van der Waals surface area contributed by atoms with E-state index in [1.54, 1.807) is 4.90 Å². The number of aryl methyl sites for hydroxylation is 2. The van der Waals surface area contributed by atoms with Crippen LogP contribution in [0, 0.1) is 13.8 Å². The molecular formula is C32H37BrN2O2. The average molecular weight is 562 g/mol. The molecule has 3 aromatic rings. The summed E-state index contributed by atoms with van der Waals surface area (Å²) >= 11 is 3.56. The van der Waals surface area contributed by atoms with Gasteiger partial charge in [-0.2, -0.15) is 0 Å². The second kappa shape index (κ2) is 13.0. The van der Waals surface area contributed by atoms with Gasteiger partial charge in [0.1, 0.15) is 6.04 Å². The van der Waals surface area contributed by atoms with Crippen LogP contribution in [0.2, 0.25) is 0 Å². The Morgan fingerprint density at radius 2 is 1.65 bits per heavy atom. The summed E-state index contributed by atoms with van der Waals surface area (Å²) < 4.78 is 0.957. The van der Waals surface area contributed by atoms with Crippen molar-refractivity contribution in [1.29, 1.82) is 0 Å². The van der Waals surface area contributed by atoms with Gasteiger partial charge in [-0.3, -0.25) is 9.59 Å². The molecule has 0 aliphatic heterocycles. The third-order valence-corrected chi connectivity index (χ3v) is 7.80. The standard InChI is InChI=1S/C32H37BrN2O2/c1-23-16-17-24(2)27(18-23)21-31(36)35(22-26-12-9-13-28(33)19-26)30(20-25-10-5-3-6-11-25)32(37)34-29-14-7-4-8-15-29/h3,5-6,9-13,16-19,29-30H,4,7-8,14-15,20-22H2,1-2H3,(H,34,37)/t30-/m0/s1. The van der Waals surface area contributed by atoms with Crippen LogP contribution in [0.5, 0.6) is 0 Å². The lowest BCUT2D eigenvalue weighted by Crippen LogP contribution is -2.53. The normalized spacial score (nSPS) is 14.7. The number of carbonyl (C=O) groups is 2. The Morgan fingerprint density at radius 1 is 0.919 bits per heavy atom. The Morgan fingerprint density at radius 3 is 2.38 bits per heavy atom. The molecule has 5 heteroatoms. The number of amides is 2. The molecule has 194 valence electrons. The molecule has 1 aliphatic carbocycles. The maximum Gasteiger partial charge on any atom is 0.243 e. The molecule has 0 heterocycles. The van der Waals surface area contributed by atoms with Crippen LogP contribution in [-0.4, -0.2) is 28.8 Å². The topological polar surface area (TPSA) is 49.4 Å². The van der Waals surface area contributed by atoms with Crippen molar-refractivity contribution in [2.45, 2.75) is 77.4 Å². The van der Waals surface area contributed by atoms with Gasteiger partial charge in [-0.1, -0.05) is 101 Å². The first kappa shape index (κ1) is 27.1. The number of hydrogen-bond acceptors (Lipinski definition) is 2. The van der Waals surface area contributed by atoms with E-state index in [-0.39, 0.29) is 24.3 Å². The van der Waals surface area contributed by atoms with E-state index in [0.29, 0.717) is 13.0 Å². The third-order valence-electron chi connectivity index (χ3n) is 7.31. The fraction of sp³-hybridized carbons (Fsp3) is 0.375. The summed E-state index contributed by atoms with van der Waals surface area (Å²) in [4.78, 5) is 29.7. The number of carbonyl (C=O) groups excluding carboxylic acids is 2. The zero-order valence-electron chi connectivity index (χ0n) is 21.9. The fourth-order valence-corrected chi connectivity index (χ4v) is 5.63. The van der Waals surface area contributed by atoms with Crippen LogP contribution in [0.1, 0.15) is 59.9 Å². The number of nitrogens with zero attached hydrogens (tertiary/aromatic N) is 1. The van der Waals surface area contributed by atoms with E-state index in [1.165, 1.54) is 6.42 Å². The highest BCUT2D eigenvalue weighted by molar-refractivity contribution is 9.10. The number of benzene rings is 3. The van der Waals surface area contributed by atoms with Crippen molar-refractivity contribution < 1.29 is 9.59 Å². The molecule has 4 nitrogen and oxygen atoms in total. The highest BCUT2D eigenvalue weighted by Gasteiger charge is 2.32. The zero-order chi connectivity index (χ0) is 26.2. The van der Waals surface area contributed by atoms with Crippen LogP contribution in [0.4, 0.5) is 0 Å². The summed E-state index contributed by atoms with van der Waals surface area (Å²) in [6.07, 6.45) is 6.26. The van der Waals surface area contributed by atoms with Gasteiger partial charge in [0.05, 0.1) is 6.42 Å². The van der Waals surface area contributed by atoms with Crippen LogP contribution in [0.25, 0.3) is 0 Å². The molecule has 3 aromatic carbocycles.